The third-order valence-electron chi connectivity index (χ3n) is 5.83. The monoisotopic (exact) mass is 537 g/mol. The number of carbonyl (C=O) groups excluding carboxylic acids is 1. The van der Waals surface area contributed by atoms with Gasteiger partial charge in [0, 0.05) is 24.9 Å². The van der Waals surface area contributed by atoms with Crippen molar-refractivity contribution in [2.75, 3.05) is 37.3 Å². The van der Waals surface area contributed by atoms with E-state index in [-0.39, 0.29) is 15.7 Å². The SMILES string of the molecule is CCN(CC)CCN(C(=O)c1ccc(S(=O)(=O)C(C)C)cc1)c1nc2c(S(C)(=O)=O)cccc2s1. The summed E-state index contributed by atoms with van der Waals surface area (Å²) in [7, 11) is -6.95. The first-order valence-corrected chi connectivity index (χ1v) is 15.6. The van der Waals surface area contributed by atoms with Crippen LogP contribution in [-0.2, 0) is 19.7 Å². The van der Waals surface area contributed by atoms with Gasteiger partial charge < -0.3 is 4.90 Å². The average molecular weight is 538 g/mol. The van der Waals surface area contributed by atoms with Gasteiger partial charge in [0.1, 0.15) is 5.52 Å². The van der Waals surface area contributed by atoms with Crippen LogP contribution in [0.5, 0.6) is 0 Å². The molecule has 1 aromatic heterocycles. The number of benzene rings is 2. The van der Waals surface area contributed by atoms with Gasteiger partial charge in [-0.3, -0.25) is 9.69 Å². The number of sulfone groups is 2. The number of hydrogen-bond donors (Lipinski definition) is 0. The minimum Gasteiger partial charge on any atom is -0.302 e. The molecule has 0 N–H and O–H groups in total. The van der Waals surface area contributed by atoms with E-state index >= 15 is 0 Å². The average Bonchev–Trinajstić information content (AvgIpc) is 3.24. The van der Waals surface area contributed by atoms with Crippen molar-refractivity contribution in [2.24, 2.45) is 0 Å². The van der Waals surface area contributed by atoms with E-state index in [2.05, 4.69) is 9.88 Å². The first kappa shape index (κ1) is 27.3. The maximum atomic E-state index is 13.6. The Balaban J connectivity index is 2.04. The van der Waals surface area contributed by atoms with E-state index in [1.54, 1.807) is 30.9 Å². The molecule has 3 aromatic rings. The van der Waals surface area contributed by atoms with Crippen LogP contribution in [0.4, 0.5) is 5.13 Å². The molecule has 0 saturated heterocycles. The fourth-order valence-electron chi connectivity index (χ4n) is 3.61. The van der Waals surface area contributed by atoms with Gasteiger partial charge in [-0.05, 0) is 63.3 Å². The first-order chi connectivity index (χ1) is 16.4. The zero-order chi connectivity index (χ0) is 26.0. The number of hydrogen-bond acceptors (Lipinski definition) is 8. The summed E-state index contributed by atoms with van der Waals surface area (Å²) in [6.45, 7) is 9.90. The van der Waals surface area contributed by atoms with Crippen molar-refractivity contribution in [2.45, 2.75) is 42.7 Å². The lowest BCUT2D eigenvalue weighted by Gasteiger charge is -2.24. The molecule has 0 aliphatic carbocycles. The maximum Gasteiger partial charge on any atom is 0.260 e. The Morgan fingerprint density at radius 2 is 1.60 bits per heavy atom. The van der Waals surface area contributed by atoms with Crippen molar-refractivity contribution in [3.63, 3.8) is 0 Å². The molecule has 35 heavy (non-hydrogen) atoms. The molecule has 2 aromatic carbocycles. The second-order valence-electron chi connectivity index (χ2n) is 8.47. The van der Waals surface area contributed by atoms with Gasteiger partial charge in [-0.2, -0.15) is 0 Å². The lowest BCUT2D eigenvalue weighted by Crippen LogP contribution is -2.38. The minimum atomic E-state index is -3.50. The number of thiazole rings is 1. The van der Waals surface area contributed by atoms with Gasteiger partial charge in [-0.25, -0.2) is 21.8 Å². The lowest BCUT2D eigenvalue weighted by molar-refractivity contribution is 0.0983. The molecule has 0 aliphatic rings. The van der Waals surface area contributed by atoms with E-state index in [4.69, 9.17) is 0 Å². The summed E-state index contributed by atoms with van der Waals surface area (Å²) < 4.78 is 50.1. The van der Waals surface area contributed by atoms with E-state index < -0.39 is 24.9 Å². The predicted molar refractivity (Wildman–Crippen MR) is 141 cm³/mol. The Kier molecular flexibility index (Phi) is 8.36. The van der Waals surface area contributed by atoms with Crippen LogP contribution in [0.3, 0.4) is 0 Å². The van der Waals surface area contributed by atoms with Gasteiger partial charge >= 0.3 is 0 Å². The highest BCUT2D eigenvalue weighted by Crippen LogP contribution is 2.33. The highest BCUT2D eigenvalue weighted by molar-refractivity contribution is 7.92. The Hall–Kier alpha value is -2.34. The normalized spacial score (nSPS) is 12.5. The van der Waals surface area contributed by atoms with E-state index in [9.17, 15) is 21.6 Å². The Labute approximate surface area is 211 Å². The largest absolute Gasteiger partial charge is 0.302 e. The highest BCUT2D eigenvalue weighted by atomic mass is 32.2. The number of nitrogens with zero attached hydrogens (tertiary/aromatic N) is 3. The van der Waals surface area contributed by atoms with Crippen LogP contribution in [0, 0.1) is 0 Å². The third-order valence-corrected chi connectivity index (χ3v) is 10.2. The van der Waals surface area contributed by atoms with Crippen LogP contribution in [-0.4, -0.2) is 70.3 Å². The van der Waals surface area contributed by atoms with E-state index in [1.807, 2.05) is 13.8 Å². The van der Waals surface area contributed by atoms with Crippen molar-refractivity contribution < 1.29 is 21.6 Å². The number of amides is 1. The summed E-state index contributed by atoms with van der Waals surface area (Å²) in [5.74, 6) is -0.328. The number of rotatable bonds is 10. The summed E-state index contributed by atoms with van der Waals surface area (Å²) in [6.07, 6.45) is 1.14. The molecule has 8 nitrogen and oxygen atoms in total. The molecular weight excluding hydrogens is 506 g/mol. The van der Waals surface area contributed by atoms with E-state index in [0.29, 0.717) is 34.0 Å². The van der Waals surface area contributed by atoms with Crippen molar-refractivity contribution in [3.8, 4) is 0 Å². The Morgan fingerprint density at radius 1 is 0.971 bits per heavy atom. The highest BCUT2D eigenvalue weighted by Gasteiger charge is 2.25. The van der Waals surface area contributed by atoms with Crippen LogP contribution in [0.2, 0.25) is 0 Å². The lowest BCUT2D eigenvalue weighted by atomic mass is 10.2. The number of anilines is 1. The molecule has 1 heterocycles. The molecule has 1 amide bonds. The molecule has 0 fully saturated rings. The molecule has 0 bridgehead atoms. The smallest absolute Gasteiger partial charge is 0.260 e. The number of aromatic nitrogens is 1. The quantitative estimate of drug-likeness (QED) is 0.387. The van der Waals surface area contributed by atoms with Gasteiger partial charge in [0.05, 0.1) is 19.7 Å². The van der Waals surface area contributed by atoms with E-state index in [0.717, 1.165) is 19.3 Å². The molecule has 3 rings (SSSR count). The van der Waals surface area contributed by atoms with Gasteiger partial charge in [0.15, 0.2) is 24.8 Å². The third kappa shape index (κ3) is 5.91. The predicted octanol–water partition coefficient (Wildman–Crippen LogP) is 3.87. The summed E-state index contributed by atoms with van der Waals surface area (Å²) in [6, 6.07) is 10.9. The second-order valence-corrected chi connectivity index (χ2v) is 14.0. The number of para-hydroxylation sites is 1. The first-order valence-electron chi connectivity index (χ1n) is 11.4. The molecule has 0 saturated carbocycles. The number of fused-ring (bicyclic) bond motifs is 1. The maximum absolute atomic E-state index is 13.6. The summed E-state index contributed by atoms with van der Waals surface area (Å²) in [5, 5.41) is -0.173. The topological polar surface area (TPSA) is 105 Å². The van der Waals surface area contributed by atoms with Crippen LogP contribution < -0.4 is 4.90 Å². The molecular formula is C24H31N3O5S3. The molecule has 190 valence electrons. The van der Waals surface area contributed by atoms with Crippen LogP contribution in [0.15, 0.2) is 52.3 Å². The molecule has 0 atom stereocenters. The molecule has 0 unspecified atom stereocenters. The summed E-state index contributed by atoms with van der Waals surface area (Å²) in [5.41, 5.74) is 0.670. The molecule has 0 spiro atoms. The van der Waals surface area contributed by atoms with Gasteiger partial charge in [-0.1, -0.05) is 31.3 Å². The Morgan fingerprint density at radius 3 is 2.14 bits per heavy atom. The zero-order valence-corrected chi connectivity index (χ0v) is 23.0. The van der Waals surface area contributed by atoms with Crippen molar-refractivity contribution in [1.82, 2.24) is 9.88 Å². The van der Waals surface area contributed by atoms with Gasteiger partial charge in [0.25, 0.3) is 5.91 Å². The molecule has 0 radical (unpaired) electrons. The second kappa shape index (κ2) is 10.7. The van der Waals surface area contributed by atoms with Crippen LogP contribution in [0.25, 0.3) is 10.2 Å². The summed E-state index contributed by atoms with van der Waals surface area (Å²) in [4.78, 5) is 22.2. The fraction of sp³-hybridized carbons (Fsp3) is 0.417. The van der Waals surface area contributed by atoms with E-state index in [1.165, 1.54) is 41.7 Å². The summed E-state index contributed by atoms with van der Waals surface area (Å²) >= 11 is 1.25. The Bertz CT molecular complexity index is 1410. The molecule has 11 heteroatoms. The van der Waals surface area contributed by atoms with Crippen molar-refractivity contribution in [3.05, 3.63) is 48.0 Å². The number of carbonyl (C=O) groups is 1. The minimum absolute atomic E-state index is 0.122. The van der Waals surface area contributed by atoms with Gasteiger partial charge in [-0.15, -0.1) is 0 Å². The fourth-order valence-corrected chi connectivity index (χ4v) is 6.58. The standard InChI is InChI=1S/C24H31N3O5S3/c1-6-26(7-2)15-16-27(23(28)18-11-13-19(14-12-18)35(31,32)17(3)4)24-25-22-20(33-24)9-8-10-21(22)34(5,29)30/h8-14,17H,6-7,15-16H2,1-5H3. The zero-order valence-electron chi connectivity index (χ0n) is 20.6. The van der Waals surface area contributed by atoms with Crippen molar-refractivity contribution in [1.29, 1.82) is 0 Å². The molecule has 0 aliphatic heterocycles. The van der Waals surface area contributed by atoms with Crippen LogP contribution >= 0.6 is 11.3 Å². The van der Waals surface area contributed by atoms with Gasteiger partial charge in [0.2, 0.25) is 0 Å². The van der Waals surface area contributed by atoms with Crippen LogP contribution in [0.1, 0.15) is 38.1 Å². The number of likely N-dealkylation sites (N-methyl/N-ethyl adjacent to an activating group) is 1. The van der Waals surface area contributed by atoms with Crippen molar-refractivity contribution >= 4 is 52.3 Å².